The van der Waals surface area contributed by atoms with E-state index in [2.05, 4.69) is 31.5 Å². The Balaban J connectivity index is 1.95. The summed E-state index contributed by atoms with van der Waals surface area (Å²) in [6.45, 7) is 4.64. The Hall–Kier alpha value is -0.810. The molecule has 0 spiro atoms. The van der Waals surface area contributed by atoms with Gasteiger partial charge in [0.2, 0.25) is 5.91 Å². The summed E-state index contributed by atoms with van der Waals surface area (Å²) in [6.07, 6.45) is 5.59. The number of likely N-dealkylation sites (N-methyl/N-ethyl adjacent to an activating group) is 1. The van der Waals surface area contributed by atoms with Crippen molar-refractivity contribution in [3.63, 3.8) is 0 Å². The number of carbonyl (C=O) groups excluding carboxylic acids is 1. The van der Waals surface area contributed by atoms with E-state index in [4.69, 9.17) is 0 Å². The van der Waals surface area contributed by atoms with E-state index < -0.39 is 0 Å². The zero-order chi connectivity index (χ0) is 14.7. The van der Waals surface area contributed by atoms with Gasteiger partial charge in [0.05, 0.1) is 6.04 Å². The minimum absolute atomic E-state index is 0.0678. The first-order valence-corrected chi connectivity index (χ1v) is 8.08. The molecule has 0 bridgehead atoms. The third-order valence-corrected chi connectivity index (χ3v) is 4.61. The van der Waals surface area contributed by atoms with E-state index in [9.17, 15) is 4.79 Å². The van der Waals surface area contributed by atoms with Crippen LogP contribution in [0.5, 0.6) is 0 Å². The third kappa shape index (κ3) is 3.64. The highest BCUT2D eigenvalue weighted by molar-refractivity contribution is 9.10. The number of halogens is 1. The number of hydrogen-bond acceptors (Lipinski definition) is 2. The molecule has 0 radical (unpaired) electrons. The number of nitrogens with zero attached hydrogens (tertiary/aromatic N) is 3. The SMILES string of the molecule is C[C@@H](C(=O)N1CCCCC1)N(C)Cc1cc(Br)cn1C. The van der Waals surface area contributed by atoms with E-state index in [1.807, 2.05) is 32.1 Å². The predicted molar refractivity (Wildman–Crippen MR) is 84.5 cm³/mol. The molecule has 0 aliphatic carbocycles. The number of hydrogen-bond donors (Lipinski definition) is 0. The lowest BCUT2D eigenvalue weighted by atomic mass is 10.1. The molecule has 0 aromatic carbocycles. The number of aryl methyl sites for hydroxylation is 1. The fourth-order valence-electron chi connectivity index (χ4n) is 2.68. The molecule has 0 N–H and O–H groups in total. The zero-order valence-electron chi connectivity index (χ0n) is 12.6. The molecule has 0 unspecified atom stereocenters. The van der Waals surface area contributed by atoms with Crippen molar-refractivity contribution >= 4 is 21.8 Å². The molecule has 4 nitrogen and oxygen atoms in total. The van der Waals surface area contributed by atoms with Crippen molar-refractivity contribution < 1.29 is 4.79 Å². The predicted octanol–water partition coefficient (Wildman–Crippen LogP) is 2.62. The second-order valence-electron chi connectivity index (χ2n) is 5.74. The normalized spacial score (nSPS) is 17.6. The molecule has 0 saturated carbocycles. The van der Waals surface area contributed by atoms with Crippen molar-refractivity contribution in [3.05, 3.63) is 22.4 Å². The maximum absolute atomic E-state index is 12.5. The van der Waals surface area contributed by atoms with Crippen LogP contribution in [0.1, 0.15) is 31.9 Å². The van der Waals surface area contributed by atoms with Crippen LogP contribution >= 0.6 is 15.9 Å². The van der Waals surface area contributed by atoms with Gasteiger partial charge in [0.25, 0.3) is 0 Å². The lowest BCUT2D eigenvalue weighted by Crippen LogP contribution is -2.47. The van der Waals surface area contributed by atoms with Crippen molar-refractivity contribution in [2.45, 2.75) is 38.8 Å². The Morgan fingerprint density at radius 3 is 2.60 bits per heavy atom. The highest BCUT2D eigenvalue weighted by atomic mass is 79.9. The number of likely N-dealkylation sites (tertiary alicyclic amines) is 1. The summed E-state index contributed by atoms with van der Waals surface area (Å²) in [5.41, 5.74) is 1.21. The molecule has 1 aliphatic heterocycles. The Labute approximate surface area is 129 Å². The molecular weight excluding hydrogens is 318 g/mol. The molecular formula is C15H24BrN3O. The largest absolute Gasteiger partial charge is 0.352 e. The van der Waals surface area contributed by atoms with Gasteiger partial charge in [-0.3, -0.25) is 9.69 Å². The van der Waals surface area contributed by atoms with Gasteiger partial charge in [0.1, 0.15) is 0 Å². The van der Waals surface area contributed by atoms with Gasteiger partial charge in [-0.05, 0) is 55.2 Å². The van der Waals surface area contributed by atoms with Crippen molar-refractivity contribution in [2.24, 2.45) is 7.05 Å². The Kier molecular flexibility index (Phi) is 5.27. The van der Waals surface area contributed by atoms with E-state index in [1.54, 1.807) is 0 Å². The summed E-state index contributed by atoms with van der Waals surface area (Å²) < 4.78 is 3.18. The van der Waals surface area contributed by atoms with E-state index in [1.165, 1.54) is 12.1 Å². The highest BCUT2D eigenvalue weighted by Gasteiger charge is 2.25. The van der Waals surface area contributed by atoms with Crippen LogP contribution < -0.4 is 0 Å². The monoisotopic (exact) mass is 341 g/mol. The van der Waals surface area contributed by atoms with Gasteiger partial charge < -0.3 is 9.47 Å². The first-order chi connectivity index (χ1) is 9.49. The standard InChI is InChI=1S/C15H24BrN3O/c1-12(15(20)19-7-5-4-6-8-19)17(2)11-14-9-13(16)10-18(14)3/h9-10,12H,4-8,11H2,1-3H3/t12-/m0/s1. The lowest BCUT2D eigenvalue weighted by Gasteiger charge is -2.32. The summed E-state index contributed by atoms with van der Waals surface area (Å²) in [7, 11) is 4.05. The smallest absolute Gasteiger partial charge is 0.239 e. The highest BCUT2D eigenvalue weighted by Crippen LogP contribution is 2.17. The average Bonchev–Trinajstić information content (AvgIpc) is 2.76. The zero-order valence-corrected chi connectivity index (χ0v) is 14.2. The van der Waals surface area contributed by atoms with Crippen molar-refractivity contribution in [2.75, 3.05) is 20.1 Å². The first kappa shape index (κ1) is 15.6. The number of piperidine rings is 1. The molecule has 2 rings (SSSR count). The van der Waals surface area contributed by atoms with Crippen LogP contribution in [-0.4, -0.2) is 46.5 Å². The van der Waals surface area contributed by atoms with Crippen LogP contribution in [0.3, 0.4) is 0 Å². The topological polar surface area (TPSA) is 28.5 Å². The van der Waals surface area contributed by atoms with Gasteiger partial charge in [-0.25, -0.2) is 0 Å². The lowest BCUT2D eigenvalue weighted by molar-refractivity contribution is -0.137. The van der Waals surface area contributed by atoms with E-state index in [-0.39, 0.29) is 11.9 Å². The van der Waals surface area contributed by atoms with Gasteiger partial charge in [-0.1, -0.05) is 0 Å². The third-order valence-electron chi connectivity index (χ3n) is 4.17. The molecule has 112 valence electrons. The summed E-state index contributed by atoms with van der Waals surface area (Å²) in [4.78, 5) is 16.6. The van der Waals surface area contributed by atoms with Crippen molar-refractivity contribution in [1.82, 2.24) is 14.4 Å². The molecule has 20 heavy (non-hydrogen) atoms. The fraction of sp³-hybridized carbons (Fsp3) is 0.667. The van der Waals surface area contributed by atoms with Crippen LogP contribution in [0, 0.1) is 0 Å². The van der Waals surface area contributed by atoms with E-state index in [0.717, 1.165) is 36.9 Å². The van der Waals surface area contributed by atoms with Crippen LogP contribution in [-0.2, 0) is 18.4 Å². The number of aromatic nitrogens is 1. The molecule has 1 saturated heterocycles. The molecule has 1 aliphatic rings. The van der Waals surface area contributed by atoms with Crippen LogP contribution in [0.4, 0.5) is 0 Å². The minimum atomic E-state index is -0.0678. The minimum Gasteiger partial charge on any atom is -0.352 e. The Bertz CT molecular complexity index is 466. The second-order valence-corrected chi connectivity index (χ2v) is 6.65. The Morgan fingerprint density at radius 1 is 1.40 bits per heavy atom. The first-order valence-electron chi connectivity index (χ1n) is 7.29. The van der Waals surface area contributed by atoms with Gasteiger partial charge >= 0.3 is 0 Å². The number of carbonyl (C=O) groups is 1. The van der Waals surface area contributed by atoms with E-state index in [0.29, 0.717) is 0 Å². The van der Waals surface area contributed by atoms with Gasteiger partial charge in [-0.2, -0.15) is 0 Å². The molecule has 1 aromatic rings. The van der Waals surface area contributed by atoms with Gasteiger partial charge in [-0.15, -0.1) is 0 Å². The van der Waals surface area contributed by atoms with Crippen LogP contribution in [0.25, 0.3) is 0 Å². The summed E-state index contributed by atoms with van der Waals surface area (Å²) in [5.74, 6) is 0.264. The molecule has 1 fully saturated rings. The number of rotatable bonds is 4. The molecule has 1 atom stereocenters. The number of amides is 1. The second kappa shape index (κ2) is 6.76. The average molecular weight is 342 g/mol. The fourth-order valence-corrected chi connectivity index (χ4v) is 3.25. The van der Waals surface area contributed by atoms with E-state index >= 15 is 0 Å². The molecule has 2 heterocycles. The summed E-state index contributed by atoms with van der Waals surface area (Å²) >= 11 is 3.49. The quantitative estimate of drug-likeness (QED) is 0.842. The summed E-state index contributed by atoms with van der Waals surface area (Å²) in [6, 6.07) is 2.04. The van der Waals surface area contributed by atoms with Crippen LogP contribution in [0.2, 0.25) is 0 Å². The van der Waals surface area contributed by atoms with Crippen molar-refractivity contribution in [1.29, 1.82) is 0 Å². The van der Waals surface area contributed by atoms with Gasteiger partial charge in [0.15, 0.2) is 0 Å². The maximum Gasteiger partial charge on any atom is 0.239 e. The van der Waals surface area contributed by atoms with Crippen molar-refractivity contribution in [3.8, 4) is 0 Å². The molecule has 1 aromatic heterocycles. The van der Waals surface area contributed by atoms with Gasteiger partial charge in [0, 0.05) is 43.0 Å². The molecule has 1 amide bonds. The summed E-state index contributed by atoms with van der Waals surface area (Å²) in [5, 5.41) is 0. The molecule has 5 heteroatoms. The van der Waals surface area contributed by atoms with Crippen LogP contribution in [0.15, 0.2) is 16.7 Å². The maximum atomic E-state index is 12.5. The Morgan fingerprint density at radius 2 is 2.05 bits per heavy atom.